The van der Waals surface area contributed by atoms with Crippen LogP contribution in [0.4, 0.5) is 0 Å². The van der Waals surface area contributed by atoms with E-state index in [0.717, 1.165) is 10.5 Å². The number of esters is 1. The number of rotatable bonds is 10. The molecular weight excluding hydrogens is 524 g/mol. The standard InChI is InChI=1S/C28H30N2O6S2/c1-6-35-25-20(8-7-9-21(25)34-4)24-23(27(32)36-15-14-33-3)17(2)29-28-30(24)26(31)22(38-28)16-18-10-12-19(37-5)13-11-18/h7-13,16,24H,6,14-15H2,1-5H3/b22-16+/t24-/m1/s1. The Kier molecular flexibility index (Phi) is 9.09. The maximum atomic E-state index is 13.9. The molecular formula is C28H30N2O6S2. The zero-order valence-corrected chi connectivity index (χ0v) is 23.6. The number of carbonyl (C=O) groups is 1. The molecule has 1 atom stereocenters. The average Bonchev–Trinajstić information content (AvgIpc) is 3.22. The zero-order chi connectivity index (χ0) is 27.2. The van der Waals surface area contributed by atoms with Gasteiger partial charge in [-0.25, -0.2) is 9.79 Å². The van der Waals surface area contributed by atoms with Crippen molar-refractivity contribution in [1.82, 2.24) is 4.57 Å². The number of hydrogen-bond donors (Lipinski definition) is 0. The van der Waals surface area contributed by atoms with Crippen LogP contribution >= 0.6 is 23.1 Å². The Labute approximate surface area is 229 Å². The maximum absolute atomic E-state index is 13.9. The number of nitrogens with zero attached hydrogens (tertiary/aromatic N) is 2. The summed E-state index contributed by atoms with van der Waals surface area (Å²) in [7, 11) is 3.09. The molecule has 0 radical (unpaired) electrons. The first-order valence-electron chi connectivity index (χ1n) is 12.1. The van der Waals surface area contributed by atoms with E-state index in [0.29, 0.717) is 38.7 Å². The smallest absolute Gasteiger partial charge is 0.338 e. The van der Waals surface area contributed by atoms with Gasteiger partial charge in [0.2, 0.25) is 0 Å². The van der Waals surface area contributed by atoms with Crippen LogP contribution in [0.2, 0.25) is 0 Å². The number of methoxy groups -OCH3 is 2. The number of fused-ring (bicyclic) bond motifs is 1. The van der Waals surface area contributed by atoms with Gasteiger partial charge >= 0.3 is 5.97 Å². The largest absolute Gasteiger partial charge is 0.493 e. The lowest BCUT2D eigenvalue weighted by Gasteiger charge is -2.27. The number of aromatic nitrogens is 1. The zero-order valence-electron chi connectivity index (χ0n) is 22.0. The molecule has 0 N–H and O–H groups in total. The highest BCUT2D eigenvalue weighted by molar-refractivity contribution is 7.98. The van der Waals surface area contributed by atoms with Crippen LogP contribution in [0.3, 0.4) is 0 Å². The van der Waals surface area contributed by atoms with E-state index in [2.05, 4.69) is 4.99 Å². The number of allylic oxidation sites excluding steroid dienone is 1. The predicted molar refractivity (Wildman–Crippen MR) is 149 cm³/mol. The third kappa shape index (κ3) is 5.57. The van der Waals surface area contributed by atoms with Gasteiger partial charge in [0.15, 0.2) is 16.3 Å². The minimum atomic E-state index is -0.820. The molecule has 3 aromatic rings. The first-order chi connectivity index (χ1) is 18.4. The average molecular weight is 555 g/mol. The molecule has 0 spiro atoms. The second-order valence-corrected chi connectivity index (χ2v) is 10.2. The lowest BCUT2D eigenvalue weighted by Crippen LogP contribution is -2.40. The van der Waals surface area contributed by atoms with Crippen molar-refractivity contribution < 1.29 is 23.7 Å². The van der Waals surface area contributed by atoms with E-state index in [4.69, 9.17) is 18.9 Å². The molecule has 4 rings (SSSR count). The monoisotopic (exact) mass is 554 g/mol. The number of thiazole rings is 1. The predicted octanol–water partition coefficient (Wildman–Crippen LogP) is 3.55. The van der Waals surface area contributed by atoms with Gasteiger partial charge in [0.05, 0.1) is 36.1 Å². The van der Waals surface area contributed by atoms with Crippen LogP contribution in [-0.4, -0.2) is 50.8 Å². The van der Waals surface area contributed by atoms with Gasteiger partial charge in [0.25, 0.3) is 5.56 Å². The molecule has 1 aromatic heterocycles. The van der Waals surface area contributed by atoms with E-state index < -0.39 is 12.0 Å². The highest BCUT2D eigenvalue weighted by Crippen LogP contribution is 2.40. The molecule has 38 heavy (non-hydrogen) atoms. The van der Waals surface area contributed by atoms with E-state index in [1.807, 2.05) is 55.7 Å². The van der Waals surface area contributed by atoms with Gasteiger partial charge in [0.1, 0.15) is 12.6 Å². The summed E-state index contributed by atoms with van der Waals surface area (Å²) in [6, 6.07) is 12.6. The lowest BCUT2D eigenvalue weighted by molar-refractivity contribution is -0.140. The van der Waals surface area contributed by atoms with Crippen molar-refractivity contribution in [2.24, 2.45) is 4.99 Å². The second kappa shape index (κ2) is 12.5. The van der Waals surface area contributed by atoms with Crippen molar-refractivity contribution in [2.75, 3.05) is 40.3 Å². The molecule has 8 nitrogen and oxygen atoms in total. The fourth-order valence-electron chi connectivity index (χ4n) is 4.23. The Morgan fingerprint density at radius 2 is 1.92 bits per heavy atom. The molecule has 0 unspecified atom stereocenters. The van der Waals surface area contributed by atoms with Crippen molar-refractivity contribution in [2.45, 2.75) is 24.8 Å². The number of ether oxygens (including phenoxy) is 4. The third-order valence-electron chi connectivity index (χ3n) is 5.99. The van der Waals surface area contributed by atoms with Crippen molar-refractivity contribution in [3.8, 4) is 11.5 Å². The summed E-state index contributed by atoms with van der Waals surface area (Å²) in [5, 5.41) is 0. The molecule has 2 aromatic carbocycles. The fraction of sp³-hybridized carbons (Fsp3) is 0.321. The number of para-hydroxylation sites is 1. The van der Waals surface area contributed by atoms with E-state index in [9.17, 15) is 9.59 Å². The summed E-state index contributed by atoms with van der Waals surface area (Å²) in [6.45, 7) is 4.31. The highest BCUT2D eigenvalue weighted by atomic mass is 32.2. The van der Waals surface area contributed by atoms with Crippen molar-refractivity contribution in [3.05, 3.63) is 84.5 Å². The fourth-order valence-corrected chi connectivity index (χ4v) is 5.69. The van der Waals surface area contributed by atoms with Crippen LogP contribution < -0.4 is 24.4 Å². The Hall–Kier alpha value is -3.34. The van der Waals surface area contributed by atoms with E-state index in [1.54, 1.807) is 36.4 Å². The SMILES string of the molecule is CCOc1c(OC)cccc1[C@@H]1C(C(=O)OCCOC)=C(C)N=c2s/c(=C/c3ccc(SC)cc3)c(=O)n21. The minimum Gasteiger partial charge on any atom is -0.493 e. The molecule has 1 aliphatic rings. The highest BCUT2D eigenvalue weighted by Gasteiger charge is 2.36. The molecule has 2 heterocycles. The van der Waals surface area contributed by atoms with Crippen molar-refractivity contribution in [1.29, 1.82) is 0 Å². The van der Waals surface area contributed by atoms with Crippen LogP contribution in [0, 0.1) is 0 Å². The Morgan fingerprint density at radius 3 is 2.58 bits per heavy atom. The molecule has 10 heteroatoms. The molecule has 0 amide bonds. The first kappa shape index (κ1) is 27.7. The summed E-state index contributed by atoms with van der Waals surface area (Å²) in [5.74, 6) is 0.393. The Balaban J connectivity index is 1.94. The van der Waals surface area contributed by atoms with Crippen molar-refractivity contribution in [3.63, 3.8) is 0 Å². The molecule has 0 aliphatic carbocycles. The molecule has 1 aliphatic heterocycles. The quantitative estimate of drug-likeness (QED) is 0.215. The van der Waals surface area contributed by atoms with Gasteiger partial charge in [-0.15, -0.1) is 11.8 Å². The van der Waals surface area contributed by atoms with Gasteiger partial charge in [-0.05, 0) is 49.9 Å². The van der Waals surface area contributed by atoms with Gasteiger partial charge in [-0.2, -0.15) is 0 Å². The number of carbonyl (C=O) groups excluding carboxylic acids is 1. The number of benzene rings is 2. The minimum absolute atomic E-state index is 0.0751. The summed E-state index contributed by atoms with van der Waals surface area (Å²) in [6.07, 6.45) is 3.86. The molecule has 200 valence electrons. The number of thioether (sulfide) groups is 1. The normalized spacial score (nSPS) is 15.2. The number of hydrogen-bond acceptors (Lipinski definition) is 9. The maximum Gasteiger partial charge on any atom is 0.338 e. The topological polar surface area (TPSA) is 88.4 Å². The second-order valence-electron chi connectivity index (χ2n) is 8.30. The third-order valence-corrected chi connectivity index (χ3v) is 7.71. The molecule has 0 fully saturated rings. The first-order valence-corrected chi connectivity index (χ1v) is 14.1. The summed E-state index contributed by atoms with van der Waals surface area (Å²) in [4.78, 5) is 33.6. The summed E-state index contributed by atoms with van der Waals surface area (Å²) < 4.78 is 24.1. The molecule has 0 saturated carbocycles. The Morgan fingerprint density at radius 1 is 1.16 bits per heavy atom. The summed E-state index contributed by atoms with van der Waals surface area (Å²) in [5.41, 5.74) is 1.98. The van der Waals surface area contributed by atoms with Crippen LogP contribution in [0.1, 0.15) is 31.0 Å². The van der Waals surface area contributed by atoms with E-state index in [-0.39, 0.29) is 24.3 Å². The van der Waals surface area contributed by atoms with E-state index >= 15 is 0 Å². The molecule has 0 bridgehead atoms. The van der Waals surface area contributed by atoms with Gasteiger partial charge < -0.3 is 18.9 Å². The Bertz CT molecular complexity index is 1520. The molecule has 0 saturated heterocycles. The van der Waals surface area contributed by atoms with Crippen LogP contribution in [-0.2, 0) is 14.3 Å². The van der Waals surface area contributed by atoms with Gasteiger partial charge in [0, 0.05) is 17.6 Å². The van der Waals surface area contributed by atoms with Gasteiger partial charge in [-0.1, -0.05) is 35.6 Å². The van der Waals surface area contributed by atoms with Crippen LogP contribution in [0.15, 0.2) is 68.4 Å². The van der Waals surface area contributed by atoms with Crippen molar-refractivity contribution >= 4 is 35.1 Å². The van der Waals surface area contributed by atoms with Crippen LogP contribution in [0.25, 0.3) is 6.08 Å². The summed E-state index contributed by atoms with van der Waals surface area (Å²) >= 11 is 2.93. The van der Waals surface area contributed by atoms with Crippen LogP contribution in [0.5, 0.6) is 11.5 Å². The van der Waals surface area contributed by atoms with E-state index in [1.165, 1.54) is 18.4 Å². The lowest BCUT2D eigenvalue weighted by atomic mass is 9.94. The van der Waals surface area contributed by atoms with Gasteiger partial charge in [-0.3, -0.25) is 9.36 Å².